The number of nitrogens with zero attached hydrogens (tertiary/aromatic N) is 1. The van der Waals surface area contributed by atoms with Crippen LogP contribution in [0.1, 0.15) is 28.9 Å². The zero-order valence-electron chi connectivity index (χ0n) is 13.0. The highest BCUT2D eigenvalue weighted by molar-refractivity contribution is 7.99. The minimum absolute atomic E-state index is 0.147. The van der Waals surface area contributed by atoms with Crippen molar-refractivity contribution in [2.24, 2.45) is 0 Å². The summed E-state index contributed by atoms with van der Waals surface area (Å²) in [5.41, 5.74) is 1.77. The van der Waals surface area contributed by atoms with Crippen LogP contribution in [0.2, 0.25) is 0 Å². The molecule has 1 saturated heterocycles. The number of hydrogen-bond donors (Lipinski definition) is 2. The molecule has 6 heteroatoms. The molecule has 1 aliphatic heterocycles. The monoisotopic (exact) mass is 348 g/mol. The zero-order chi connectivity index (χ0) is 16.3. The summed E-state index contributed by atoms with van der Waals surface area (Å²) in [4.78, 5) is 16.8. The summed E-state index contributed by atoms with van der Waals surface area (Å²) in [6.07, 6.45) is 1.47. The van der Waals surface area contributed by atoms with Crippen molar-refractivity contribution in [3.05, 3.63) is 40.9 Å². The van der Waals surface area contributed by atoms with E-state index in [0.717, 1.165) is 40.6 Å². The Balaban J connectivity index is 1.68. The smallest absolute Gasteiger partial charge is 0.251 e. The lowest BCUT2D eigenvalue weighted by molar-refractivity contribution is 0.0311. The molecular weight excluding hydrogens is 328 g/mol. The van der Waals surface area contributed by atoms with Gasteiger partial charge >= 0.3 is 0 Å². The Morgan fingerprint density at radius 1 is 1.39 bits per heavy atom. The molecule has 3 rings (SSSR count). The lowest BCUT2D eigenvalue weighted by Gasteiger charge is -2.31. The molecule has 1 fully saturated rings. The van der Waals surface area contributed by atoms with Crippen LogP contribution in [0.25, 0.3) is 10.6 Å². The van der Waals surface area contributed by atoms with Gasteiger partial charge in [0.25, 0.3) is 5.91 Å². The molecule has 0 saturated carbocycles. The van der Waals surface area contributed by atoms with Crippen LogP contribution in [0.4, 0.5) is 0 Å². The molecule has 0 radical (unpaired) electrons. The van der Waals surface area contributed by atoms with Gasteiger partial charge in [-0.2, -0.15) is 11.8 Å². The fraction of sp³-hybridized carbons (Fsp3) is 0.412. The highest BCUT2D eigenvalue weighted by atomic mass is 32.2. The van der Waals surface area contributed by atoms with E-state index in [2.05, 4.69) is 10.3 Å². The summed E-state index contributed by atoms with van der Waals surface area (Å²) < 4.78 is 0. The quantitative estimate of drug-likeness (QED) is 0.891. The summed E-state index contributed by atoms with van der Waals surface area (Å²) >= 11 is 3.42. The number of aryl methyl sites for hydroxylation is 1. The first-order chi connectivity index (χ1) is 11.1. The first-order valence-corrected chi connectivity index (χ1v) is 9.70. The fourth-order valence-corrected chi connectivity index (χ4v) is 4.60. The molecule has 4 nitrogen and oxygen atoms in total. The van der Waals surface area contributed by atoms with Gasteiger partial charge in [-0.25, -0.2) is 4.98 Å². The number of amides is 1. The minimum atomic E-state index is -0.759. The number of carbonyl (C=O) groups excluding carboxylic acids is 1. The van der Waals surface area contributed by atoms with Crippen molar-refractivity contribution in [2.45, 2.75) is 25.4 Å². The number of thiazole rings is 1. The third-order valence-corrected chi connectivity index (χ3v) is 5.99. The average molecular weight is 348 g/mol. The summed E-state index contributed by atoms with van der Waals surface area (Å²) in [5, 5.41) is 16.3. The molecular formula is C17H20N2O2S2. The average Bonchev–Trinajstić information content (AvgIpc) is 3.00. The van der Waals surface area contributed by atoms with E-state index in [1.807, 2.05) is 42.3 Å². The van der Waals surface area contributed by atoms with E-state index in [-0.39, 0.29) is 5.91 Å². The number of hydrogen-bond acceptors (Lipinski definition) is 5. The molecule has 0 aliphatic carbocycles. The summed E-state index contributed by atoms with van der Waals surface area (Å²) in [5.74, 6) is 1.75. The first-order valence-electron chi connectivity index (χ1n) is 7.67. The van der Waals surface area contributed by atoms with E-state index in [1.165, 1.54) is 0 Å². The Hall–Kier alpha value is -1.37. The summed E-state index contributed by atoms with van der Waals surface area (Å²) in [6, 6.07) is 7.47. The maximum atomic E-state index is 12.4. The van der Waals surface area contributed by atoms with Crippen LogP contribution >= 0.6 is 23.1 Å². The van der Waals surface area contributed by atoms with Gasteiger partial charge in [0, 0.05) is 28.7 Å². The Kier molecular flexibility index (Phi) is 5.04. The Bertz CT molecular complexity index is 693. The molecule has 1 aromatic heterocycles. The summed E-state index contributed by atoms with van der Waals surface area (Å²) in [6.45, 7) is 2.27. The van der Waals surface area contributed by atoms with Crippen LogP contribution in [-0.2, 0) is 0 Å². The molecule has 1 amide bonds. The topological polar surface area (TPSA) is 62.2 Å². The van der Waals surface area contributed by atoms with Crippen molar-refractivity contribution in [1.82, 2.24) is 10.3 Å². The SMILES string of the molecule is Cc1csc(-c2cccc(C(=O)NCC3(O)CCSCC3)c2)n1. The van der Waals surface area contributed by atoms with E-state index < -0.39 is 5.60 Å². The van der Waals surface area contributed by atoms with Gasteiger partial charge in [-0.15, -0.1) is 11.3 Å². The highest BCUT2D eigenvalue weighted by Gasteiger charge is 2.29. The Morgan fingerprint density at radius 3 is 2.87 bits per heavy atom. The maximum Gasteiger partial charge on any atom is 0.251 e. The zero-order valence-corrected chi connectivity index (χ0v) is 14.7. The van der Waals surface area contributed by atoms with Crippen LogP contribution in [0.3, 0.4) is 0 Å². The number of carbonyl (C=O) groups is 1. The fourth-order valence-electron chi connectivity index (χ4n) is 2.56. The van der Waals surface area contributed by atoms with E-state index in [1.54, 1.807) is 17.4 Å². The first kappa shape index (κ1) is 16.5. The second-order valence-electron chi connectivity index (χ2n) is 5.89. The molecule has 2 heterocycles. The van der Waals surface area contributed by atoms with E-state index in [9.17, 15) is 9.90 Å². The number of thioether (sulfide) groups is 1. The van der Waals surface area contributed by atoms with Crippen molar-refractivity contribution in [2.75, 3.05) is 18.1 Å². The molecule has 0 atom stereocenters. The van der Waals surface area contributed by atoms with Crippen molar-refractivity contribution < 1.29 is 9.90 Å². The van der Waals surface area contributed by atoms with Crippen LogP contribution in [0.15, 0.2) is 29.6 Å². The molecule has 0 unspecified atom stereocenters. The van der Waals surface area contributed by atoms with Gasteiger partial charge < -0.3 is 10.4 Å². The van der Waals surface area contributed by atoms with E-state index in [4.69, 9.17) is 0 Å². The predicted molar refractivity (Wildman–Crippen MR) is 96.1 cm³/mol. The second kappa shape index (κ2) is 7.03. The number of rotatable bonds is 4. The number of aliphatic hydroxyl groups is 1. The van der Waals surface area contributed by atoms with Gasteiger partial charge in [0.2, 0.25) is 0 Å². The van der Waals surface area contributed by atoms with Gasteiger partial charge in [0.1, 0.15) is 5.01 Å². The molecule has 1 aromatic carbocycles. The van der Waals surface area contributed by atoms with Gasteiger partial charge in [-0.1, -0.05) is 12.1 Å². The molecule has 2 aromatic rings. The highest BCUT2D eigenvalue weighted by Crippen LogP contribution is 2.27. The Morgan fingerprint density at radius 2 is 2.17 bits per heavy atom. The standard InChI is InChI=1S/C17H20N2O2S2/c1-12-10-23-16(19-12)14-4-2-3-13(9-14)15(20)18-11-17(21)5-7-22-8-6-17/h2-4,9-10,21H,5-8,11H2,1H3,(H,18,20). The van der Waals surface area contributed by atoms with Crippen LogP contribution in [0.5, 0.6) is 0 Å². The van der Waals surface area contributed by atoms with Crippen molar-refractivity contribution in [3.63, 3.8) is 0 Å². The maximum absolute atomic E-state index is 12.4. The molecule has 2 N–H and O–H groups in total. The normalized spacial score (nSPS) is 17.0. The van der Waals surface area contributed by atoms with Gasteiger partial charge in [0.05, 0.1) is 5.60 Å². The lowest BCUT2D eigenvalue weighted by Crippen LogP contribution is -2.45. The van der Waals surface area contributed by atoms with Crippen LogP contribution in [-0.4, -0.2) is 39.6 Å². The molecule has 1 aliphatic rings. The molecule has 122 valence electrons. The van der Waals surface area contributed by atoms with Crippen LogP contribution in [0, 0.1) is 6.92 Å². The Labute approximate surface area is 144 Å². The summed E-state index contributed by atoms with van der Waals surface area (Å²) in [7, 11) is 0. The van der Waals surface area contributed by atoms with Crippen molar-refractivity contribution >= 4 is 29.0 Å². The predicted octanol–water partition coefficient (Wildman–Crippen LogP) is 3.11. The molecule has 23 heavy (non-hydrogen) atoms. The lowest BCUT2D eigenvalue weighted by atomic mass is 9.96. The van der Waals surface area contributed by atoms with E-state index in [0.29, 0.717) is 12.1 Å². The van der Waals surface area contributed by atoms with E-state index >= 15 is 0 Å². The van der Waals surface area contributed by atoms with Gasteiger partial charge in [0.15, 0.2) is 0 Å². The number of benzene rings is 1. The number of nitrogens with one attached hydrogen (secondary N) is 1. The van der Waals surface area contributed by atoms with Crippen LogP contribution < -0.4 is 5.32 Å². The van der Waals surface area contributed by atoms with Gasteiger partial charge in [-0.05, 0) is 43.4 Å². The molecule has 0 spiro atoms. The second-order valence-corrected chi connectivity index (χ2v) is 7.98. The minimum Gasteiger partial charge on any atom is -0.388 e. The van der Waals surface area contributed by atoms with Gasteiger partial charge in [-0.3, -0.25) is 4.79 Å². The molecule has 0 bridgehead atoms. The van der Waals surface area contributed by atoms with Crippen molar-refractivity contribution in [1.29, 1.82) is 0 Å². The largest absolute Gasteiger partial charge is 0.388 e. The van der Waals surface area contributed by atoms with Crippen molar-refractivity contribution in [3.8, 4) is 10.6 Å². The number of aromatic nitrogens is 1. The third-order valence-electron chi connectivity index (χ3n) is 3.99. The third kappa shape index (κ3) is 4.13.